The van der Waals surface area contributed by atoms with Crippen LogP contribution in [-0.2, 0) is 5.41 Å². The van der Waals surface area contributed by atoms with Crippen LogP contribution in [0.1, 0.15) is 40.1 Å². The first-order valence-corrected chi connectivity index (χ1v) is 7.20. The second-order valence-electron chi connectivity index (χ2n) is 5.92. The maximum absolute atomic E-state index is 12.3. The molecule has 0 saturated carbocycles. The summed E-state index contributed by atoms with van der Waals surface area (Å²) in [5.41, 5.74) is 1.22. The van der Waals surface area contributed by atoms with E-state index in [4.69, 9.17) is 5.11 Å². The Morgan fingerprint density at radius 2 is 1.57 bits per heavy atom. The van der Waals surface area contributed by atoms with Crippen molar-refractivity contribution in [3.8, 4) is 0 Å². The Bertz CT molecular complexity index is 720. The minimum atomic E-state index is -1.14. The summed E-state index contributed by atoms with van der Waals surface area (Å²) < 4.78 is 0. The molecule has 0 unspecified atom stereocenters. The van der Waals surface area contributed by atoms with Crippen LogP contribution in [0.4, 0.5) is 5.69 Å². The molecule has 3 N–H and O–H groups in total. The number of amides is 1. The van der Waals surface area contributed by atoms with Crippen LogP contribution in [0.25, 0.3) is 0 Å². The van der Waals surface area contributed by atoms with Gasteiger partial charge < -0.3 is 15.5 Å². The van der Waals surface area contributed by atoms with Crippen LogP contribution in [0.15, 0.2) is 48.5 Å². The van der Waals surface area contributed by atoms with E-state index in [2.05, 4.69) is 5.32 Å². The van der Waals surface area contributed by atoms with Gasteiger partial charge in [0.15, 0.2) is 0 Å². The molecular weight excluding hydrogens is 294 g/mol. The lowest BCUT2D eigenvalue weighted by Crippen LogP contribution is -2.22. The number of aromatic carboxylic acids is 1. The number of aliphatic hydroxyl groups is 1. The molecule has 120 valence electrons. The van der Waals surface area contributed by atoms with Crippen molar-refractivity contribution >= 4 is 17.6 Å². The Hall–Kier alpha value is -2.66. The van der Waals surface area contributed by atoms with E-state index in [0.29, 0.717) is 5.69 Å². The van der Waals surface area contributed by atoms with Crippen LogP contribution in [0.3, 0.4) is 0 Å². The Kier molecular flexibility index (Phi) is 4.81. The van der Waals surface area contributed by atoms with Gasteiger partial charge in [0.25, 0.3) is 5.91 Å². The van der Waals surface area contributed by atoms with Gasteiger partial charge in [-0.3, -0.25) is 4.79 Å². The van der Waals surface area contributed by atoms with E-state index in [1.54, 1.807) is 24.3 Å². The summed E-state index contributed by atoms with van der Waals surface area (Å²) in [6, 6.07) is 13.2. The predicted molar refractivity (Wildman–Crippen MR) is 87.9 cm³/mol. The lowest BCUT2D eigenvalue weighted by molar-refractivity contribution is 0.0692. The van der Waals surface area contributed by atoms with Crippen LogP contribution in [-0.4, -0.2) is 28.7 Å². The molecule has 2 aromatic carbocycles. The summed E-state index contributed by atoms with van der Waals surface area (Å²) in [5.74, 6) is -1.62. The largest absolute Gasteiger partial charge is 0.478 e. The number of carboxylic acids is 1. The van der Waals surface area contributed by atoms with Gasteiger partial charge >= 0.3 is 5.97 Å². The molecule has 0 heterocycles. The normalized spacial score (nSPS) is 11.1. The molecule has 0 aliphatic heterocycles. The molecule has 0 saturated heterocycles. The highest BCUT2D eigenvalue weighted by Crippen LogP contribution is 2.24. The second kappa shape index (κ2) is 6.62. The highest BCUT2D eigenvalue weighted by Gasteiger charge is 2.19. The first-order valence-electron chi connectivity index (χ1n) is 7.20. The summed E-state index contributed by atoms with van der Waals surface area (Å²) in [6.45, 7) is 3.86. The fourth-order valence-electron chi connectivity index (χ4n) is 2.16. The minimum Gasteiger partial charge on any atom is -0.478 e. The summed E-state index contributed by atoms with van der Waals surface area (Å²) in [4.78, 5) is 23.4. The molecule has 2 rings (SSSR count). The number of hydrogen-bond acceptors (Lipinski definition) is 3. The number of benzene rings is 2. The molecule has 0 fully saturated rings. The van der Waals surface area contributed by atoms with E-state index in [0.717, 1.165) is 5.56 Å². The molecule has 0 bridgehead atoms. The number of hydrogen-bond donors (Lipinski definition) is 3. The first kappa shape index (κ1) is 16.7. The summed E-state index contributed by atoms with van der Waals surface area (Å²) in [7, 11) is 0. The zero-order valence-corrected chi connectivity index (χ0v) is 13.0. The van der Waals surface area contributed by atoms with Gasteiger partial charge in [0.05, 0.1) is 17.7 Å². The number of aliphatic hydroxyl groups excluding tert-OH is 1. The maximum atomic E-state index is 12.3. The quantitative estimate of drug-likeness (QED) is 0.792. The third-order valence-electron chi connectivity index (χ3n) is 3.72. The Labute approximate surface area is 134 Å². The van der Waals surface area contributed by atoms with Crippen LogP contribution in [0, 0.1) is 0 Å². The monoisotopic (exact) mass is 313 g/mol. The minimum absolute atomic E-state index is 0.0185. The topological polar surface area (TPSA) is 86.6 Å². The third kappa shape index (κ3) is 3.76. The lowest BCUT2D eigenvalue weighted by atomic mass is 9.85. The van der Waals surface area contributed by atoms with Crippen LogP contribution in [0.5, 0.6) is 0 Å². The molecule has 0 aromatic heterocycles. The highest BCUT2D eigenvalue weighted by atomic mass is 16.4. The summed E-state index contributed by atoms with van der Waals surface area (Å²) in [5, 5.41) is 21.2. The fraction of sp³-hybridized carbons (Fsp3) is 0.222. The van der Waals surface area contributed by atoms with Gasteiger partial charge in [-0.1, -0.05) is 38.1 Å². The second-order valence-corrected chi connectivity index (χ2v) is 5.92. The van der Waals surface area contributed by atoms with Crippen molar-refractivity contribution in [3.05, 3.63) is 65.2 Å². The van der Waals surface area contributed by atoms with Gasteiger partial charge in [0.2, 0.25) is 0 Å². The fourth-order valence-corrected chi connectivity index (χ4v) is 2.16. The zero-order valence-electron chi connectivity index (χ0n) is 13.0. The molecule has 0 aliphatic rings. The zero-order chi connectivity index (χ0) is 17.0. The van der Waals surface area contributed by atoms with Crippen molar-refractivity contribution in [1.82, 2.24) is 0 Å². The number of carbonyl (C=O) groups is 2. The van der Waals surface area contributed by atoms with Gasteiger partial charge in [0, 0.05) is 11.1 Å². The van der Waals surface area contributed by atoms with Crippen molar-refractivity contribution in [2.75, 3.05) is 11.9 Å². The van der Waals surface area contributed by atoms with Crippen molar-refractivity contribution in [2.45, 2.75) is 19.3 Å². The van der Waals surface area contributed by atoms with Gasteiger partial charge in [0.1, 0.15) is 0 Å². The van der Waals surface area contributed by atoms with E-state index >= 15 is 0 Å². The lowest BCUT2D eigenvalue weighted by Gasteiger charge is -2.22. The van der Waals surface area contributed by atoms with E-state index < -0.39 is 11.9 Å². The highest BCUT2D eigenvalue weighted by molar-refractivity contribution is 6.10. The van der Waals surface area contributed by atoms with Crippen molar-refractivity contribution in [2.24, 2.45) is 0 Å². The molecule has 0 radical (unpaired) electrons. The van der Waals surface area contributed by atoms with Crippen LogP contribution < -0.4 is 5.32 Å². The standard InChI is InChI=1S/C18H19NO4/c1-18(2,11-20)12-7-9-13(10-8-12)19-16(21)14-5-3-4-6-15(14)17(22)23/h3-10,20H,11H2,1-2H3,(H,19,21)(H,22,23). The van der Waals surface area contributed by atoms with E-state index in [9.17, 15) is 14.7 Å². The average molecular weight is 313 g/mol. The Morgan fingerprint density at radius 1 is 1.00 bits per heavy atom. The molecule has 1 amide bonds. The molecular formula is C18H19NO4. The average Bonchev–Trinajstić information content (AvgIpc) is 2.55. The third-order valence-corrected chi connectivity index (χ3v) is 3.72. The van der Waals surface area contributed by atoms with Crippen LogP contribution in [0.2, 0.25) is 0 Å². The van der Waals surface area contributed by atoms with E-state index in [1.165, 1.54) is 12.1 Å². The van der Waals surface area contributed by atoms with Gasteiger partial charge in [-0.15, -0.1) is 0 Å². The molecule has 0 atom stereocenters. The maximum Gasteiger partial charge on any atom is 0.336 e. The number of nitrogens with one attached hydrogen (secondary N) is 1. The summed E-state index contributed by atoms with van der Waals surface area (Å²) >= 11 is 0. The predicted octanol–water partition coefficient (Wildman–Crippen LogP) is 2.91. The van der Waals surface area contributed by atoms with Crippen molar-refractivity contribution < 1.29 is 19.8 Å². The van der Waals surface area contributed by atoms with E-state index in [-0.39, 0.29) is 23.1 Å². The van der Waals surface area contributed by atoms with Gasteiger partial charge in [-0.25, -0.2) is 4.79 Å². The number of carboxylic acid groups (broad SMARTS) is 1. The Balaban J connectivity index is 2.20. The van der Waals surface area contributed by atoms with Gasteiger partial charge in [-0.05, 0) is 29.8 Å². The van der Waals surface area contributed by atoms with Crippen LogP contribution >= 0.6 is 0 Å². The molecule has 0 aliphatic carbocycles. The molecule has 2 aromatic rings. The SMILES string of the molecule is CC(C)(CO)c1ccc(NC(=O)c2ccccc2C(=O)O)cc1. The smallest absolute Gasteiger partial charge is 0.336 e. The number of carbonyl (C=O) groups excluding carboxylic acids is 1. The van der Waals surface area contributed by atoms with E-state index in [1.807, 2.05) is 26.0 Å². The Morgan fingerprint density at radius 3 is 2.09 bits per heavy atom. The van der Waals surface area contributed by atoms with Crippen molar-refractivity contribution in [1.29, 1.82) is 0 Å². The molecule has 5 nitrogen and oxygen atoms in total. The molecule has 5 heteroatoms. The first-order chi connectivity index (χ1) is 10.8. The molecule has 0 spiro atoms. The van der Waals surface area contributed by atoms with Crippen molar-refractivity contribution in [3.63, 3.8) is 0 Å². The molecule has 23 heavy (non-hydrogen) atoms. The number of rotatable bonds is 5. The number of anilines is 1. The van der Waals surface area contributed by atoms with Gasteiger partial charge in [-0.2, -0.15) is 0 Å². The summed E-state index contributed by atoms with van der Waals surface area (Å²) in [6.07, 6.45) is 0.